The molecule has 2 aliphatic heterocycles. The number of hydrogen-bond acceptors (Lipinski definition) is 2. The Balaban J connectivity index is 1.40. The van der Waals surface area contributed by atoms with E-state index in [1.54, 1.807) is 0 Å². The number of nitrogens with zero attached hydrogens (tertiary/aromatic N) is 2. The average Bonchev–Trinajstić information content (AvgIpc) is 4.11. The van der Waals surface area contributed by atoms with Gasteiger partial charge in [0.05, 0.1) is 22.8 Å². The Kier molecular flexibility index (Phi) is 11.2. The second-order valence-electron chi connectivity index (χ2n) is 22.1. The lowest BCUT2D eigenvalue weighted by Crippen LogP contribution is -2.16. The van der Waals surface area contributed by atoms with Gasteiger partial charge in [-0.3, -0.25) is 0 Å². The molecule has 2 aliphatic rings. The van der Waals surface area contributed by atoms with E-state index in [4.69, 9.17) is 9.97 Å². The summed E-state index contributed by atoms with van der Waals surface area (Å²) < 4.78 is 0. The molecule has 4 aromatic carbocycles. The van der Waals surface area contributed by atoms with Crippen molar-refractivity contribution < 1.29 is 0 Å². The van der Waals surface area contributed by atoms with Crippen molar-refractivity contribution in [3.8, 4) is 56.0 Å². The fourth-order valence-corrected chi connectivity index (χ4v) is 9.33. The molecule has 8 bridgehead atoms. The van der Waals surface area contributed by atoms with Gasteiger partial charge in [-0.1, -0.05) is 173 Å². The summed E-state index contributed by atoms with van der Waals surface area (Å²) in [6.07, 6.45) is 8.65. The molecular weight excluding hydrogens is 817 g/mol. The Morgan fingerprint density at radius 1 is 0.364 bits per heavy atom. The lowest BCUT2D eigenvalue weighted by atomic mass is 9.86. The molecule has 3 aromatic heterocycles. The van der Waals surface area contributed by atoms with Crippen LogP contribution in [0.15, 0.2) is 121 Å². The van der Waals surface area contributed by atoms with Crippen LogP contribution < -0.4 is 0 Å². The van der Waals surface area contributed by atoms with E-state index in [-0.39, 0.29) is 16.2 Å². The van der Waals surface area contributed by atoms with Crippen LogP contribution >= 0.6 is 0 Å². The van der Waals surface area contributed by atoms with Crippen LogP contribution in [0.4, 0.5) is 0 Å². The molecular formula is C61H62N4Si. The van der Waals surface area contributed by atoms with Crippen molar-refractivity contribution >= 4 is 54.4 Å². The summed E-state index contributed by atoms with van der Waals surface area (Å²) in [6, 6.07) is 44.6. The highest BCUT2D eigenvalue weighted by atomic mass is 28.3. The maximum Gasteiger partial charge on any atom is 0.129 e. The number of benzene rings is 4. The molecule has 330 valence electrons. The van der Waals surface area contributed by atoms with Crippen LogP contribution in [0, 0.1) is 11.5 Å². The quantitative estimate of drug-likeness (QED) is 0.137. The van der Waals surface area contributed by atoms with E-state index >= 15 is 0 Å². The smallest absolute Gasteiger partial charge is 0.129 e. The summed E-state index contributed by atoms with van der Waals surface area (Å²) in [5.74, 6) is 3.45. The van der Waals surface area contributed by atoms with E-state index in [9.17, 15) is 0 Å². The lowest BCUT2D eigenvalue weighted by molar-refractivity contribution is 0.590. The standard InChI is InChI=1S/C61H62N4Si/c1-59(2,3)44-23-17-41(18-24-44)56-49-31-29-47(62-49)55(40-15-13-39(14-16-40)37-38-66(10,11)12)48-30-32-50(63-48)57(42-19-25-45(26-20-42)60(4,5)6)52-34-36-54(65-52)58(53-35-33-51(56)64-53)43-21-27-46(28-22-43)61(7,8)9/h13-36,64-65H,1-12H3. The second kappa shape index (κ2) is 16.6. The minimum absolute atomic E-state index is 0.0224. The molecule has 0 fully saturated rings. The average molecular weight is 879 g/mol. The minimum Gasteiger partial charge on any atom is -0.354 e. The van der Waals surface area contributed by atoms with Crippen LogP contribution in [0.3, 0.4) is 0 Å². The zero-order valence-electron chi connectivity index (χ0n) is 40.8. The topological polar surface area (TPSA) is 57.4 Å². The number of rotatable bonds is 4. The van der Waals surface area contributed by atoms with Crippen LogP contribution in [-0.4, -0.2) is 28.0 Å². The molecule has 2 N–H and O–H groups in total. The van der Waals surface area contributed by atoms with Gasteiger partial charge in [-0.25, -0.2) is 9.97 Å². The maximum atomic E-state index is 5.54. The zero-order chi connectivity index (χ0) is 46.8. The zero-order valence-corrected chi connectivity index (χ0v) is 41.8. The molecule has 5 heteroatoms. The maximum absolute atomic E-state index is 5.54. The summed E-state index contributed by atoms with van der Waals surface area (Å²) in [5.41, 5.74) is 24.5. The number of H-pyrrole nitrogens is 2. The van der Waals surface area contributed by atoms with Gasteiger partial charge in [0, 0.05) is 49.9 Å². The van der Waals surface area contributed by atoms with Crippen LogP contribution in [0.1, 0.15) is 107 Å². The van der Waals surface area contributed by atoms with Gasteiger partial charge >= 0.3 is 0 Å². The number of aromatic amines is 2. The fourth-order valence-electron chi connectivity index (χ4n) is 8.81. The van der Waals surface area contributed by atoms with Crippen LogP contribution in [0.25, 0.3) is 90.9 Å². The van der Waals surface area contributed by atoms with Crippen LogP contribution in [0.5, 0.6) is 0 Å². The van der Waals surface area contributed by atoms with Gasteiger partial charge in [0.2, 0.25) is 0 Å². The van der Waals surface area contributed by atoms with Gasteiger partial charge in [-0.2, -0.15) is 0 Å². The van der Waals surface area contributed by atoms with E-state index in [0.717, 1.165) is 94.9 Å². The van der Waals surface area contributed by atoms with Crippen LogP contribution in [0.2, 0.25) is 19.6 Å². The molecule has 0 radical (unpaired) electrons. The number of hydrogen-bond donors (Lipinski definition) is 2. The first-order valence-electron chi connectivity index (χ1n) is 23.3. The molecule has 9 rings (SSSR count). The first-order chi connectivity index (χ1) is 31.2. The van der Waals surface area contributed by atoms with E-state index in [1.165, 1.54) is 16.7 Å². The van der Waals surface area contributed by atoms with Crippen molar-refractivity contribution in [2.45, 2.75) is 98.2 Å². The molecule has 0 saturated carbocycles. The molecule has 0 unspecified atom stereocenters. The van der Waals surface area contributed by atoms with Crippen molar-refractivity contribution in [3.05, 3.63) is 166 Å². The largest absolute Gasteiger partial charge is 0.354 e. The summed E-state index contributed by atoms with van der Waals surface area (Å²) >= 11 is 0. The highest BCUT2D eigenvalue weighted by molar-refractivity contribution is 6.83. The van der Waals surface area contributed by atoms with Crippen molar-refractivity contribution in [2.75, 3.05) is 0 Å². The van der Waals surface area contributed by atoms with E-state index in [2.05, 4.69) is 249 Å². The third-order valence-electron chi connectivity index (χ3n) is 12.6. The molecule has 0 atom stereocenters. The van der Waals surface area contributed by atoms with Gasteiger partial charge in [-0.05, 0) is 116 Å². The van der Waals surface area contributed by atoms with Crippen LogP contribution in [-0.2, 0) is 16.2 Å². The lowest BCUT2D eigenvalue weighted by Gasteiger charge is -2.19. The van der Waals surface area contributed by atoms with Gasteiger partial charge in [-0.15, -0.1) is 5.54 Å². The van der Waals surface area contributed by atoms with Gasteiger partial charge in [0.15, 0.2) is 0 Å². The highest BCUT2D eigenvalue weighted by Gasteiger charge is 2.22. The van der Waals surface area contributed by atoms with Crippen molar-refractivity contribution in [3.63, 3.8) is 0 Å². The molecule has 7 aromatic rings. The van der Waals surface area contributed by atoms with E-state index in [1.807, 2.05) is 0 Å². The Bertz CT molecular complexity index is 3120. The van der Waals surface area contributed by atoms with Gasteiger partial charge in [0.25, 0.3) is 0 Å². The van der Waals surface area contributed by atoms with Gasteiger partial charge < -0.3 is 9.97 Å². The monoisotopic (exact) mass is 878 g/mol. The first kappa shape index (κ1) is 44.5. The summed E-state index contributed by atoms with van der Waals surface area (Å²) in [5, 5.41) is 0. The van der Waals surface area contributed by atoms with Crippen molar-refractivity contribution in [1.29, 1.82) is 0 Å². The van der Waals surface area contributed by atoms with Gasteiger partial charge in [0.1, 0.15) is 8.07 Å². The Labute approximate surface area is 393 Å². The normalized spacial score (nSPS) is 12.9. The molecule has 4 nitrogen and oxygen atoms in total. The summed E-state index contributed by atoms with van der Waals surface area (Å²) in [4.78, 5) is 19.0. The third kappa shape index (κ3) is 9.08. The van der Waals surface area contributed by atoms with Crippen molar-refractivity contribution in [1.82, 2.24) is 19.9 Å². The molecule has 0 amide bonds. The number of fused-ring (bicyclic) bond motifs is 8. The third-order valence-corrected chi connectivity index (χ3v) is 13.5. The molecule has 66 heavy (non-hydrogen) atoms. The first-order valence-corrected chi connectivity index (χ1v) is 26.8. The van der Waals surface area contributed by atoms with E-state index < -0.39 is 8.07 Å². The number of nitrogens with one attached hydrogen (secondary N) is 2. The summed E-state index contributed by atoms with van der Waals surface area (Å²) in [6.45, 7) is 27.2. The molecule has 0 aliphatic carbocycles. The molecule has 0 spiro atoms. The highest BCUT2D eigenvalue weighted by Crippen LogP contribution is 2.40. The molecule has 0 saturated heterocycles. The summed E-state index contributed by atoms with van der Waals surface area (Å²) in [7, 11) is -1.55. The van der Waals surface area contributed by atoms with E-state index in [0.29, 0.717) is 0 Å². The predicted octanol–water partition coefficient (Wildman–Crippen LogP) is 16.4. The fraction of sp³-hybridized carbons (Fsp3) is 0.246. The Morgan fingerprint density at radius 3 is 0.985 bits per heavy atom. The predicted molar refractivity (Wildman–Crippen MR) is 287 cm³/mol. The van der Waals surface area contributed by atoms with Crippen molar-refractivity contribution in [2.24, 2.45) is 0 Å². The Hall–Kier alpha value is -6.74. The minimum atomic E-state index is -1.55. The number of aromatic nitrogens is 4. The Morgan fingerprint density at radius 2 is 0.652 bits per heavy atom. The second-order valence-corrected chi connectivity index (χ2v) is 26.8. The molecule has 5 heterocycles. The SMILES string of the molecule is CC(C)(C)c1ccc(-c2c3nc(c(-c4ccc(C#C[Si](C)(C)C)cc4)c4nc(c(-c5ccc(C(C)(C)C)cc5)c5ccc([nH]5)c(-c5ccc(C(C)(C)C)cc5)c5ccc2[nH]5)C=C4)C=C3)cc1.